The van der Waals surface area contributed by atoms with Crippen LogP contribution in [0.25, 0.3) is 0 Å². The second kappa shape index (κ2) is 5.74. The Hall–Kier alpha value is 1.53. The molecule has 0 heterocycles. The maximum absolute atomic E-state index is 11.0. The average Bonchev–Trinajstić information content (AvgIpc) is 1.78. The Kier molecular flexibility index (Phi) is 7.34. The van der Waals surface area contributed by atoms with Gasteiger partial charge in [-0.15, -0.1) is 0 Å². The Labute approximate surface area is 96.9 Å². The molecule has 0 radical (unpaired) electrons. The number of carbonyl (C=O) groups excluding carboxylic acids is 1. The van der Waals surface area contributed by atoms with Gasteiger partial charge in [-0.3, -0.25) is 0 Å². The number of halogens is 8. The van der Waals surface area contributed by atoms with Crippen LogP contribution in [-0.2, 0) is 9.53 Å². The monoisotopic (exact) mass is 424 g/mol. The van der Waals surface area contributed by atoms with E-state index in [1.54, 1.807) is 0 Å². The van der Waals surface area contributed by atoms with Gasteiger partial charge in [0.15, 0.2) is 0 Å². The van der Waals surface area contributed by atoms with E-state index >= 15 is 0 Å². The van der Waals surface area contributed by atoms with E-state index in [0.717, 1.165) is 0 Å². The molecule has 0 rings (SSSR count). The van der Waals surface area contributed by atoms with Crippen LogP contribution in [0.4, 0.5) is 13.2 Å². The van der Waals surface area contributed by atoms with E-state index < -0.39 is 23.8 Å². The minimum absolute atomic E-state index is 0.676. The first-order chi connectivity index (χ1) is 5.72. The Morgan fingerprint density at radius 1 is 1.14 bits per heavy atom. The first-order valence-corrected chi connectivity index (χ1v) is 18.6. The van der Waals surface area contributed by atoms with Crippen molar-refractivity contribution in [3.63, 3.8) is 0 Å². The van der Waals surface area contributed by atoms with Crippen LogP contribution in [0.2, 0.25) is 0 Å². The molecule has 14 heavy (non-hydrogen) atoms. The summed E-state index contributed by atoms with van der Waals surface area (Å²) in [6.07, 6.45) is -4.85. The van der Waals surface area contributed by atoms with E-state index in [1.807, 2.05) is 0 Å². The molecular weight excluding hydrogens is 424 g/mol. The number of hydrogen-bond acceptors (Lipinski definition) is 2. The fraction of sp³-hybridized carbons (Fsp3) is 0.667. The number of hydrogen-bond donors (Lipinski definition) is 0. The van der Waals surface area contributed by atoms with Crippen molar-refractivity contribution < 1.29 is 22.7 Å². The third-order valence-corrected chi connectivity index (χ3v) is 0.417. The molecule has 0 N–H and O–H groups in total. The average molecular weight is 427 g/mol. The van der Waals surface area contributed by atoms with Crippen LogP contribution in [0.3, 0.4) is 0 Å². The fourth-order valence-electron chi connectivity index (χ4n) is 0.116. The summed E-state index contributed by atoms with van der Waals surface area (Å²) in [6, 6.07) is 0. The third kappa shape index (κ3) is 23.4. The normalized spacial score (nSPS) is 14.5. The first-order valence-electron chi connectivity index (χ1n) is 2.48. The van der Waals surface area contributed by atoms with Crippen LogP contribution in [0.15, 0.2) is 0 Å². The van der Waals surface area contributed by atoms with Crippen LogP contribution in [0, 0.1) is 0 Å². The van der Waals surface area contributed by atoms with Crippen molar-refractivity contribution >= 4 is 61.8 Å². The quantitative estimate of drug-likeness (QED) is 0.435. The van der Waals surface area contributed by atoms with Crippen molar-refractivity contribution in [1.29, 1.82) is 0 Å². The molecular formula is C3H3Cl5F3O2Sb. The van der Waals surface area contributed by atoms with E-state index in [-0.39, 0.29) is 0 Å². The van der Waals surface area contributed by atoms with E-state index in [9.17, 15) is 18.0 Å². The Bertz CT molecular complexity index is 192. The van der Waals surface area contributed by atoms with Crippen molar-refractivity contribution in [2.24, 2.45) is 0 Å². The van der Waals surface area contributed by atoms with Crippen molar-refractivity contribution in [1.82, 2.24) is 0 Å². The van der Waals surface area contributed by atoms with Gasteiger partial charge >= 0.3 is 68.0 Å². The summed E-state index contributed by atoms with van der Waals surface area (Å²) >= 11 is -4.33. The molecule has 0 bridgehead atoms. The molecule has 2 nitrogen and oxygen atoms in total. The first kappa shape index (κ1) is 17.9. The predicted molar refractivity (Wildman–Crippen MR) is 53.1 cm³/mol. The van der Waals surface area contributed by atoms with Gasteiger partial charge in [-0.1, -0.05) is 0 Å². The second-order valence-electron chi connectivity index (χ2n) is 1.63. The molecule has 0 fully saturated rings. The molecule has 0 aliphatic carbocycles. The van der Waals surface area contributed by atoms with Crippen LogP contribution >= 0.6 is 44.1 Å². The zero-order valence-corrected chi connectivity index (χ0v) is 12.6. The number of alkyl halides is 3. The van der Waals surface area contributed by atoms with Gasteiger partial charge < -0.3 is 4.74 Å². The molecule has 0 aliphatic rings. The minimum atomic E-state index is -4.85. The summed E-state index contributed by atoms with van der Waals surface area (Å²) < 4.78 is 36.3. The molecule has 11 heteroatoms. The zero-order valence-electron chi connectivity index (χ0n) is 6.29. The molecule has 0 amide bonds. The Morgan fingerprint density at radius 2 is 1.36 bits per heavy atom. The summed E-state index contributed by atoms with van der Waals surface area (Å²) in [7, 11) is 25.9. The Balaban J connectivity index is 0. The van der Waals surface area contributed by atoms with Crippen molar-refractivity contribution in [2.45, 2.75) is 6.18 Å². The Morgan fingerprint density at radius 3 is 1.36 bits per heavy atom. The molecule has 0 aromatic rings. The van der Waals surface area contributed by atoms with Crippen LogP contribution in [0.5, 0.6) is 0 Å². The maximum atomic E-state index is 11.0. The van der Waals surface area contributed by atoms with Gasteiger partial charge in [0.2, 0.25) is 0 Å². The van der Waals surface area contributed by atoms with E-state index in [1.165, 1.54) is 0 Å². The van der Waals surface area contributed by atoms with Crippen LogP contribution < -0.4 is 0 Å². The van der Waals surface area contributed by atoms with Gasteiger partial charge in [0.1, 0.15) is 0 Å². The predicted octanol–water partition coefficient (Wildman–Crippen LogP) is 3.79. The van der Waals surface area contributed by atoms with E-state index in [2.05, 4.69) is 4.74 Å². The van der Waals surface area contributed by atoms with Gasteiger partial charge in [0.05, 0.1) is 7.11 Å². The third-order valence-electron chi connectivity index (χ3n) is 0.417. The molecule has 0 aliphatic heterocycles. The van der Waals surface area contributed by atoms with Gasteiger partial charge in [-0.25, -0.2) is 4.79 Å². The summed E-state index contributed by atoms with van der Waals surface area (Å²) in [6.45, 7) is 0. The van der Waals surface area contributed by atoms with Crippen LogP contribution in [0.1, 0.15) is 0 Å². The number of esters is 1. The van der Waals surface area contributed by atoms with E-state index in [0.29, 0.717) is 7.11 Å². The summed E-state index contributed by atoms with van der Waals surface area (Å²) in [5, 5.41) is 0. The molecule has 0 spiro atoms. The topological polar surface area (TPSA) is 26.3 Å². The van der Waals surface area contributed by atoms with Gasteiger partial charge in [0, 0.05) is 0 Å². The van der Waals surface area contributed by atoms with Gasteiger partial charge in [0.25, 0.3) is 0 Å². The SMILES string of the molecule is COC(=O)C(F)(F)F.[Cl][Sb]([Cl])([Cl])([Cl])[Cl]. The summed E-state index contributed by atoms with van der Waals surface area (Å²) in [5.74, 6) is -2.17. The number of methoxy groups -OCH3 is 1. The van der Waals surface area contributed by atoms with Crippen LogP contribution in [-0.4, -0.2) is 30.9 Å². The standard InChI is InChI=1S/C3H3F3O2.5ClH.Sb/c1-8-2(7)3(4,5)6;;;;;;/h1H3;5*1H;/q;;;;;;+5/p-5. The fourth-order valence-corrected chi connectivity index (χ4v) is 0.116. The molecule has 0 aromatic heterocycles. The second-order valence-corrected chi connectivity index (χ2v) is 39.6. The molecule has 0 atom stereocenters. The molecule has 88 valence electrons. The number of ether oxygens (including phenoxy) is 1. The molecule has 0 unspecified atom stereocenters. The van der Waals surface area contributed by atoms with Gasteiger partial charge in [-0.2, -0.15) is 13.2 Å². The van der Waals surface area contributed by atoms with Crippen molar-refractivity contribution in [2.75, 3.05) is 7.11 Å². The molecule has 0 saturated carbocycles. The number of rotatable bonds is 0. The summed E-state index contributed by atoms with van der Waals surface area (Å²) in [5.41, 5.74) is 0. The molecule has 0 aromatic carbocycles. The number of carbonyl (C=O) groups is 1. The zero-order chi connectivity index (χ0) is 12.2. The van der Waals surface area contributed by atoms with Gasteiger partial charge in [-0.05, 0) is 0 Å². The van der Waals surface area contributed by atoms with E-state index in [4.69, 9.17) is 44.1 Å². The molecule has 0 saturated heterocycles. The van der Waals surface area contributed by atoms with Crippen molar-refractivity contribution in [3.05, 3.63) is 0 Å². The summed E-state index contributed by atoms with van der Waals surface area (Å²) in [4.78, 5) is 9.49. The van der Waals surface area contributed by atoms with Crippen molar-refractivity contribution in [3.8, 4) is 0 Å².